The lowest BCUT2D eigenvalue weighted by molar-refractivity contribution is -0.149. The predicted octanol–water partition coefficient (Wildman–Crippen LogP) is 2.05. The molecule has 0 unspecified atom stereocenters. The van der Waals surface area contributed by atoms with Gasteiger partial charge < -0.3 is 5.32 Å². The molecule has 3 heteroatoms. The van der Waals surface area contributed by atoms with E-state index in [1.807, 2.05) is 0 Å². The third kappa shape index (κ3) is 1.62. The van der Waals surface area contributed by atoms with Crippen molar-refractivity contribution in [2.75, 3.05) is 0 Å². The summed E-state index contributed by atoms with van der Waals surface area (Å²) in [6.45, 7) is 3.34. The normalized spacial score (nSPS) is 46.9. The first-order valence-electron chi connectivity index (χ1n) is 6.73. The van der Waals surface area contributed by atoms with Crippen LogP contribution >= 0.6 is 0 Å². The van der Waals surface area contributed by atoms with Crippen LogP contribution in [0.5, 0.6) is 0 Å². The van der Waals surface area contributed by atoms with E-state index < -0.39 is 0 Å². The zero-order chi connectivity index (χ0) is 12.3. The number of rotatable bonds is 2. The first-order valence-corrected chi connectivity index (χ1v) is 6.73. The molecule has 0 aromatic rings. The van der Waals surface area contributed by atoms with Gasteiger partial charge >= 0.3 is 0 Å². The van der Waals surface area contributed by atoms with Crippen molar-refractivity contribution in [1.29, 1.82) is 0 Å². The van der Waals surface area contributed by atoms with Gasteiger partial charge in [0.2, 0.25) is 5.91 Å². The molecule has 1 amide bonds. The first kappa shape index (κ1) is 11.2. The number of amides is 1. The molecule has 2 atom stereocenters. The number of ketones is 1. The molecule has 3 nitrogen and oxygen atoms in total. The standard InChI is InChI=1S/C14H21NO2/c1-9(16)13-4-11-3-12(5-13)7-14(6-11,8-13)15-10(2)17/h11-12H,3-8H2,1-2H3,(H,15,17)/t11-,12-,13?,14?/m0/s1. The van der Waals surface area contributed by atoms with Crippen LogP contribution in [0.15, 0.2) is 0 Å². The van der Waals surface area contributed by atoms with Crippen molar-refractivity contribution in [2.45, 2.75) is 57.9 Å². The van der Waals surface area contributed by atoms with Gasteiger partial charge in [-0.25, -0.2) is 0 Å². The second-order valence-corrected chi connectivity index (χ2v) is 6.76. The first-order chi connectivity index (χ1) is 7.93. The molecule has 0 aliphatic heterocycles. The van der Waals surface area contributed by atoms with Crippen molar-refractivity contribution >= 4 is 11.7 Å². The summed E-state index contributed by atoms with van der Waals surface area (Å²) >= 11 is 0. The Kier molecular flexibility index (Phi) is 2.20. The van der Waals surface area contributed by atoms with Gasteiger partial charge in [-0.3, -0.25) is 9.59 Å². The van der Waals surface area contributed by atoms with Gasteiger partial charge in [-0.05, 0) is 57.3 Å². The molecule has 17 heavy (non-hydrogen) atoms. The topological polar surface area (TPSA) is 46.2 Å². The average Bonchev–Trinajstić information content (AvgIpc) is 2.12. The van der Waals surface area contributed by atoms with Crippen molar-refractivity contribution in [3.8, 4) is 0 Å². The molecule has 1 N–H and O–H groups in total. The fourth-order valence-corrected chi connectivity index (χ4v) is 5.19. The molecule has 0 radical (unpaired) electrons. The number of hydrogen-bond acceptors (Lipinski definition) is 2. The highest BCUT2D eigenvalue weighted by Gasteiger charge is 2.59. The summed E-state index contributed by atoms with van der Waals surface area (Å²) in [5.74, 6) is 1.73. The smallest absolute Gasteiger partial charge is 0.217 e. The fourth-order valence-electron chi connectivity index (χ4n) is 5.19. The second-order valence-electron chi connectivity index (χ2n) is 6.76. The van der Waals surface area contributed by atoms with Gasteiger partial charge in [0.1, 0.15) is 5.78 Å². The Morgan fingerprint density at radius 1 is 1.06 bits per heavy atom. The highest BCUT2D eigenvalue weighted by molar-refractivity contribution is 5.83. The summed E-state index contributed by atoms with van der Waals surface area (Å²) in [6.07, 6.45) is 6.49. The maximum absolute atomic E-state index is 12.0. The molecule has 0 spiro atoms. The van der Waals surface area contributed by atoms with Crippen LogP contribution in [0.1, 0.15) is 52.4 Å². The van der Waals surface area contributed by atoms with Gasteiger partial charge in [-0.1, -0.05) is 0 Å². The summed E-state index contributed by atoms with van der Waals surface area (Å²) < 4.78 is 0. The van der Waals surface area contributed by atoms with Gasteiger partial charge in [-0.15, -0.1) is 0 Å². The van der Waals surface area contributed by atoms with Gasteiger partial charge in [0, 0.05) is 17.9 Å². The van der Waals surface area contributed by atoms with Crippen LogP contribution in [0.4, 0.5) is 0 Å². The van der Waals surface area contributed by atoms with Crippen molar-refractivity contribution in [3.63, 3.8) is 0 Å². The monoisotopic (exact) mass is 235 g/mol. The van der Waals surface area contributed by atoms with Crippen LogP contribution < -0.4 is 5.32 Å². The Labute approximate surface area is 102 Å². The summed E-state index contributed by atoms with van der Waals surface area (Å²) in [6, 6.07) is 0. The van der Waals surface area contributed by atoms with E-state index in [1.165, 1.54) is 6.42 Å². The van der Waals surface area contributed by atoms with Crippen molar-refractivity contribution in [1.82, 2.24) is 5.32 Å². The lowest BCUT2D eigenvalue weighted by Gasteiger charge is -2.61. The Morgan fingerprint density at radius 2 is 1.65 bits per heavy atom. The molecular weight excluding hydrogens is 214 g/mol. The maximum Gasteiger partial charge on any atom is 0.217 e. The zero-order valence-electron chi connectivity index (χ0n) is 10.7. The van der Waals surface area contributed by atoms with Gasteiger partial charge in [-0.2, -0.15) is 0 Å². The van der Waals surface area contributed by atoms with E-state index in [2.05, 4.69) is 5.32 Å². The quantitative estimate of drug-likeness (QED) is 0.796. The van der Waals surface area contributed by atoms with Gasteiger partial charge in [0.15, 0.2) is 0 Å². The van der Waals surface area contributed by atoms with E-state index in [9.17, 15) is 9.59 Å². The maximum atomic E-state index is 12.0. The highest BCUT2D eigenvalue weighted by atomic mass is 16.1. The van der Waals surface area contributed by atoms with Crippen LogP contribution in [0, 0.1) is 17.3 Å². The third-order valence-electron chi connectivity index (χ3n) is 5.25. The largest absolute Gasteiger partial charge is 0.351 e. The Hall–Kier alpha value is -0.860. The van der Waals surface area contributed by atoms with Gasteiger partial charge in [0.05, 0.1) is 0 Å². The summed E-state index contributed by atoms with van der Waals surface area (Å²) in [5.41, 5.74) is -0.159. The van der Waals surface area contributed by atoms with E-state index in [1.54, 1.807) is 13.8 Å². The highest BCUT2D eigenvalue weighted by Crippen LogP contribution is 2.61. The summed E-state index contributed by atoms with van der Waals surface area (Å²) in [7, 11) is 0. The average molecular weight is 235 g/mol. The Bertz CT molecular complexity index is 374. The van der Waals surface area contributed by atoms with Crippen molar-refractivity contribution in [2.24, 2.45) is 17.3 Å². The SMILES string of the molecule is CC(=O)NC12C[C@H]3C[C@H](C1)CC(C(C)=O)(C3)C2. The van der Waals surface area contributed by atoms with Crippen LogP contribution in [-0.2, 0) is 9.59 Å². The Balaban J connectivity index is 1.94. The van der Waals surface area contributed by atoms with Gasteiger partial charge in [0.25, 0.3) is 0 Å². The molecule has 4 aliphatic rings. The molecule has 4 rings (SSSR count). The fraction of sp³-hybridized carbons (Fsp3) is 0.857. The summed E-state index contributed by atoms with van der Waals surface area (Å²) in [4.78, 5) is 23.4. The minimum Gasteiger partial charge on any atom is -0.351 e. The molecule has 4 bridgehead atoms. The molecule has 0 heterocycles. The molecule has 0 saturated heterocycles. The molecule has 0 aromatic carbocycles. The zero-order valence-corrected chi connectivity index (χ0v) is 10.7. The number of carbonyl (C=O) groups is 2. The number of carbonyl (C=O) groups excluding carboxylic acids is 2. The van der Waals surface area contributed by atoms with Crippen LogP contribution in [0.3, 0.4) is 0 Å². The van der Waals surface area contributed by atoms with Crippen LogP contribution in [-0.4, -0.2) is 17.2 Å². The molecule has 0 aromatic heterocycles. The van der Waals surface area contributed by atoms with E-state index in [0.29, 0.717) is 17.6 Å². The van der Waals surface area contributed by atoms with Crippen LogP contribution in [0.25, 0.3) is 0 Å². The van der Waals surface area contributed by atoms with E-state index >= 15 is 0 Å². The minimum absolute atomic E-state index is 0.0540. The molecule has 4 aliphatic carbocycles. The molecule has 94 valence electrons. The Morgan fingerprint density at radius 3 is 2.12 bits per heavy atom. The predicted molar refractivity (Wildman–Crippen MR) is 64.3 cm³/mol. The number of hydrogen-bond donors (Lipinski definition) is 1. The summed E-state index contributed by atoms with van der Waals surface area (Å²) in [5, 5.41) is 3.18. The third-order valence-corrected chi connectivity index (χ3v) is 5.25. The lowest BCUT2D eigenvalue weighted by atomic mass is 9.46. The molecule has 4 saturated carbocycles. The lowest BCUT2D eigenvalue weighted by Crippen LogP contribution is -2.64. The van der Waals surface area contributed by atoms with Crippen molar-refractivity contribution in [3.05, 3.63) is 0 Å². The van der Waals surface area contributed by atoms with E-state index in [0.717, 1.165) is 32.1 Å². The van der Waals surface area contributed by atoms with Crippen LogP contribution in [0.2, 0.25) is 0 Å². The van der Waals surface area contributed by atoms with E-state index in [4.69, 9.17) is 0 Å². The van der Waals surface area contributed by atoms with Crippen molar-refractivity contribution < 1.29 is 9.59 Å². The number of Topliss-reactive ketones (excluding diaryl/α,β-unsaturated/α-hetero) is 1. The van der Waals surface area contributed by atoms with E-state index in [-0.39, 0.29) is 16.9 Å². The minimum atomic E-state index is -0.105. The second kappa shape index (κ2) is 3.33. The molecular formula is C14H21NO2. The molecule has 4 fully saturated rings. The number of nitrogens with one attached hydrogen (secondary N) is 1.